The number of phenols is 1. The van der Waals surface area contributed by atoms with Crippen LogP contribution in [-0.2, 0) is 0 Å². The third-order valence-corrected chi connectivity index (χ3v) is 3.28. The third-order valence-electron chi connectivity index (χ3n) is 2.64. The van der Waals surface area contributed by atoms with E-state index in [1.807, 2.05) is 18.2 Å². The molecule has 3 N–H and O–H groups in total. The molecule has 2 rings (SSSR count). The molecule has 1 fully saturated rings. The van der Waals surface area contributed by atoms with Gasteiger partial charge in [0.25, 0.3) is 0 Å². The fraction of sp³-hybridized carbons (Fsp3) is 0.400. The number of halogens is 1. The van der Waals surface area contributed by atoms with Crippen molar-refractivity contribution in [1.82, 2.24) is 0 Å². The van der Waals surface area contributed by atoms with Gasteiger partial charge in [0.1, 0.15) is 5.75 Å². The maximum absolute atomic E-state index is 9.73. The Kier molecular flexibility index (Phi) is 2.30. The van der Waals surface area contributed by atoms with Crippen LogP contribution >= 0.6 is 15.9 Å². The van der Waals surface area contributed by atoms with Crippen LogP contribution in [0.25, 0.3) is 0 Å². The fourth-order valence-electron chi connectivity index (χ4n) is 1.72. The zero-order chi connectivity index (χ0) is 9.42. The zero-order valence-corrected chi connectivity index (χ0v) is 8.79. The first-order valence-electron chi connectivity index (χ1n) is 4.41. The van der Waals surface area contributed by atoms with Crippen molar-refractivity contribution in [2.24, 2.45) is 11.7 Å². The van der Waals surface area contributed by atoms with E-state index in [1.165, 1.54) is 0 Å². The molecule has 13 heavy (non-hydrogen) atoms. The second kappa shape index (κ2) is 3.31. The molecular formula is C10H12BrNO. The van der Waals surface area contributed by atoms with Crippen LogP contribution in [0.15, 0.2) is 22.7 Å². The molecule has 1 aliphatic rings. The van der Waals surface area contributed by atoms with Crippen LogP contribution in [0.4, 0.5) is 0 Å². The van der Waals surface area contributed by atoms with E-state index in [0.29, 0.717) is 17.6 Å². The average molecular weight is 242 g/mol. The quantitative estimate of drug-likeness (QED) is 0.835. The predicted octanol–water partition coefficient (Wildman–Crippen LogP) is 2.22. The molecule has 0 spiro atoms. The van der Waals surface area contributed by atoms with Crippen LogP contribution in [0.1, 0.15) is 17.9 Å². The van der Waals surface area contributed by atoms with Gasteiger partial charge in [-0.25, -0.2) is 0 Å². The standard InChI is InChI=1S/C10H12BrNO/c11-9-3-1-2-7(10(9)13)8-4-6(8)5-12/h1-3,6,8,13H,4-5,12H2. The number of hydrogen-bond acceptors (Lipinski definition) is 2. The van der Waals surface area contributed by atoms with Gasteiger partial charge in [-0.05, 0) is 52.4 Å². The molecule has 0 bridgehead atoms. The minimum atomic E-state index is 0.378. The first-order chi connectivity index (χ1) is 6.24. The summed E-state index contributed by atoms with van der Waals surface area (Å²) in [6.45, 7) is 0.719. The first kappa shape index (κ1) is 9.03. The zero-order valence-electron chi connectivity index (χ0n) is 7.20. The summed E-state index contributed by atoms with van der Waals surface area (Å²) in [5.41, 5.74) is 6.59. The number of benzene rings is 1. The molecule has 0 aliphatic heterocycles. The lowest BCUT2D eigenvalue weighted by molar-refractivity contribution is 0.464. The van der Waals surface area contributed by atoms with Crippen molar-refractivity contribution in [3.63, 3.8) is 0 Å². The minimum absolute atomic E-state index is 0.378. The summed E-state index contributed by atoms with van der Waals surface area (Å²) in [7, 11) is 0. The number of rotatable bonds is 2. The highest BCUT2D eigenvalue weighted by molar-refractivity contribution is 9.10. The van der Waals surface area contributed by atoms with Crippen molar-refractivity contribution in [2.45, 2.75) is 12.3 Å². The van der Waals surface area contributed by atoms with Crippen LogP contribution in [-0.4, -0.2) is 11.7 Å². The molecular weight excluding hydrogens is 230 g/mol. The Hall–Kier alpha value is -0.540. The summed E-state index contributed by atoms with van der Waals surface area (Å²) in [5, 5.41) is 9.73. The van der Waals surface area contributed by atoms with Crippen molar-refractivity contribution in [2.75, 3.05) is 6.54 Å². The maximum atomic E-state index is 9.73. The Bertz CT molecular complexity index is 327. The second-order valence-corrected chi connectivity index (χ2v) is 4.37. The molecule has 0 saturated heterocycles. The summed E-state index contributed by atoms with van der Waals surface area (Å²) >= 11 is 3.30. The summed E-state index contributed by atoms with van der Waals surface area (Å²) in [6.07, 6.45) is 1.11. The van der Waals surface area contributed by atoms with Crippen LogP contribution in [0.2, 0.25) is 0 Å². The van der Waals surface area contributed by atoms with Crippen molar-refractivity contribution >= 4 is 15.9 Å². The van der Waals surface area contributed by atoms with Crippen molar-refractivity contribution < 1.29 is 5.11 Å². The second-order valence-electron chi connectivity index (χ2n) is 3.52. The minimum Gasteiger partial charge on any atom is -0.506 e. The van der Waals surface area contributed by atoms with Crippen LogP contribution < -0.4 is 5.73 Å². The van der Waals surface area contributed by atoms with E-state index >= 15 is 0 Å². The fourth-order valence-corrected chi connectivity index (χ4v) is 2.10. The molecule has 1 aromatic carbocycles. The van der Waals surface area contributed by atoms with Crippen molar-refractivity contribution in [1.29, 1.82) is 0 Å². The molecule has 0 aromatic heterocycles. The average Bonchev–Trinajstić information content (AvgIpc) is 2.89. The Morgan fingerprint density at radius 2 is 2.31 bits per heavy atom. The topological polar surface area (TPSA) is 46.2 Å². The van der Waals surface area contributed by atoms with E-state index in [1.54, 1.807) is 0 Å². The Morgan fingerprint density at radius 1 is 1.54 bits per heavy atom. The smallest absolute Gasteiger partial charge is 0.133 e. The molecule has 3 heteroatoms. The molecule has 0 heterocycles. The number of hydrogen-bond donors (Lipinski definition) is 2. The molecule has 0 radical (unpaired) electrons. The summed E-state index contributed by atoms with van der Waals surface area (Å²) in [4.78, 5) is 0. The Morgan fingerprint density at radius 3 is 2.92 bits per heavy atom. The molecule has 2 atom stereocenters. The Balaban J connectivity index is 2.27. The van der Waals surface area contributed by atoms with Crippen LogP contribution in [0.3, 0.4) is 0 Å². The predicted molar refractivity (Wildman–Crippen MR) is 55.7 cm³/mol. The number of phenolic OH excluding ortho intramolecular Hbond substituents is 1. The van der Waals surface area contributed by atoms with Gasteiger partial charge in [0, 0.05) is 0 Å². The number of para-hydroxylation sites is 1. The SMILES string of the molecule is NCC1CC1c1cccc(Br)c1O. The molecule has 70 valence electrons. The molecule has 0 amide bonds. The maximum Gasteiger partial charge on any atom is 0.133 e. The van der Waals surface area contributed by atoms with Gasteiger partial charge < -0.3 is 10.8 Å². The van der Waals surface area contributed by atoms with Crippen LogP contribution in [0, 0.1) is 5.92 Å². The summed E-state index contributed by atoms with van der Waals surface area (Å²) in [5.74, 6) is 1.42. The molecule has 1 saturated carbocycles. The van der Waals surface area contributed by atoms with Gasteiger partial charge in [-0.1, -0.05) is 12.1 Å². The van der Waals surface area contributed by atoms with E-state index in [-0.39, 0.29) is 0 Å². The summed E-state index contributed by atoms with van der Waals surface area (Å²) in [6, 6.07) is 5.77. The van der Waals surface area contributed by atoms with Gasteiger partial charge in [0.15, 0.2) is 0 Å². The van der Waals surface area contributed by atoms with Gasteiger partial charge in [-0.15, -0.1) is 0 Å². The van der Waals surface area contributed by atoms with E-state index in [0.717, 1.165) is 23.0 Å². The molecule has 2 unspecified atom stereocenters. The normalized spacial score (nSPS) is 26.0. The largest absolute Gasteiger partial charge is 0.506 e. The lowest BCUT2D eigenvalue weighted by Gasteiger charge is -2.04. The molecule has 1 aromatic rings. The lowest BCUT2D eigenvalue weighted by atomic mass is 10.1. The van der Waals surface area contributed by atoms with E-state index < -0.39 is 0 Å². The summed E-state index contributed by atoms with van der Waals surface area (Å²) < 4.78 is 0.771. The van der Waals surface area contributed by atoms with E-state index in [2.05, 4.69) is 15.9 Å². The lowest BCUT2D eigenvalue weighted by Crippen LogP contribution is -2.02. The number of aromatic hydroxyl groups is 1. The Labute approximate surface area is 85.9 Å². The van der Waals surface area contributed by atoms with Gasteiger partial charge >= 0.3 is 0 Å². The molecule has 1 aliphatic carbocycles. The highest BCUT2D eigenvalue weighted by atomic mass is 79.9. The van der Waals surface area contributed by atoms with Gasteiger partial charge in [0.2, 0.25) is 0 Å². The van der Waals surface area contributed by atoms with Crippen molar-refractivity contribution in [3.8, 4) is 5.75 Å². The first-order valence-corrected chi connectivity index (χ1v) is 5.20. The van der Waals surface area contributed by atoms with E-state index in [4.69, 9.17) is 5.73 Å². The monoisotopic (exact) mass is 241 g/mol. The highest BCUT2D eigenvalue weighted by Crippen LogP contribution is 2.50. The van der Waals surface area contributed by atoms with Crippen LogP contribution in [0.5, 0.6) is 5.75 Å². The van der Waals surface area contributed by atoms with E-state index in [9.17, 15) is 5.11 Å². The van der Waals surface area contributed by atoms with Crippen molar-refractivity contribution in [3.05, 3.63) is 28.2 Å². The number of nitrogens with two attached hydrogens (primary N) is 1. The highest BCUT2D eigenvalue weighted by Gasteiger charge is 2.38. The van der Waals surface area contributed by atoms with Gasteiger partial charge in [-0.2, -0.15) is 0 Å². The molecule has 2 nitrogen and oxygen atoms in total. The third kappa shape index (κ3) is 1.58. The van der Waals surface area contributed by atoms with Gasteiger partial charge in [0.05, 0.1) is 4.47 Å². The van der Waals surface area contributed by atoms with Gasteiger partial charge in [-0.3, -0.25) is 0 Å².